The summed E-state index contributed by atoms with van der Waals surface area (Å²) >= 11 is 0. The highest BCUT2D eigenvalue weighted by Crippen LogP contribution is 1.89. The SMILES string of the molecule is [Br-].c1cc[n+](CCCC[n+]2ccccc2)cc1. The first-order valence-electron chi connectivity index (χ1n) is 5.83. The van der Waals surface area contributed by atoms with Gasteiger partial charge in [-0.25, -0.2) is 9.13 Å². The second-order valence-corrected chi connectivity index (χ2v) is 3.93. The van der Waals surface area contributed by atoms with Gasteiger partial charge in [-0.3, -0.25) is 0 Å². The molecule has 0 saturated heterocycles. The van der Waals surface area contributed by atoms with Crippen molar-refractivity contribution in [3.05, 3.63) is 61.2 Å². The van der Waals surface area contributed by atoms with Crippen molar-refractivity contribution in [2.24, 2.45) is 0 Å². The third-order valence-corrected chi connectivity index (χ3v) is 2.64. The van der Waals surface area contributed by atoms with Crippen molar-refractivity contribution in [1.82, 2.24) is 0 Å². The van der Waals surface area contributed by atoms with Gasteiger partial charge in [0.25, 0.3) is 0 Å². The van der Waals surface area contributed by atoms with Gasteiger partial charge in [0.2, 0.25) is 0 Å². The molecule has 0 fully saturated rings. The molecular weight excluding hydrogens is 276 g/mol. The lowest BCUT2D eigenvalue weighted by atomic mass is 10.3. The number of rotatable bonds is 5. The highest BCUT2D eigenvalue weighted by Gasteiger charge is 2.01. The summed E-state index contributed by atoms with van der Waals surface area (Å²) in [6.07, 6.45) is 10.9. The number of hydrogen-bond donors (Lipinski definition) is 0. The molecule has 0 bridgehead atoms. The average Bonchev–Trinajstić information content (AvgIpc) is 2.37. The number of aryl methyl sites for hydroxylation is 2. The predicted octanol–water partition coefficient (Wildman–Crippen LogP) is -1.25. The van der Waals surface area contributed by atoms with Crippen molar-refractivity contribution in [1.29, 1.82) is 0 Å². The number of unbranched alkanes of at least 4 members (excludes halogenated alkanes) is 1. The van der Waals surface area contributed by atoms with E-state index in [1.54, 1.807) is 0 Å². The summed E-state index contributed by atoms with van der Waals surface area (Å²) in [6.45, 7) is 2.21. The van der Waals surface area contributed by atoms with Crippen LogP contribution in [0.1, 0.15) is 12.8 Å². The molecule has 0 aromatic carbocycles. The van der Waals surface area contributed by atoms with E-state index in [0.29, 0.717) is 0 Å². The summed E-state index contributed by atoms with van der Waals surface area (Å²) in [6, 6.07) is 12.4. The Balaban J connectivity index is 0.00000144. The Morgan fingerprint density at radius 2 is 0.882 bits per heavy atom. The van der Waals surface area contributed by atoms with E-state index in [-0.39, 0.29) is 17.0 Å². The number of nitrogens with zero attached hydrogens (tertiary/aromatic N) is 2. The van der Waals surface area contributed by atoms with Crippen LogP contribution >= 0.6 is 0 Å². The van der Waals surface area contributed by atoms with Crippen molar-refractivity contribution in [3.63, 3.8) is 0 Å². The van der Waals surface area contributed by atoms with Gasteiger partial charge in [-0.05, 0) is 0 Å². The molecule has 90 valence electrons. The molecule has 0 atom stereocenters. The molecule has 3 heteroatoms. The number of aromatic nitrogens is 2. The van der Waals surface area contributed by atoms with Gasteiger partial charge in [-0.1, -0.05) is 12.1 Å². The molecule has 2 aromatic heterocycles. The topological polar surface area (TPSA) is 7.76 Å². The molecule has 2 heterocycles. The molecule has 0 unspecified atom stereocenters. The molecule has 0 saturated carbocycles. The molecule has 17 heavy (non-hydrogen) atoms. The van der Waals surface area contributed by atoms with Gasteiger partial charge < -0.3 is 17.0 Å². The zero-order valence-electron chi connectivity index (χ0n) is 9.87. The van der Waals surface area contributed by atoms with E-state index in [1.165, 1.54) is 12.8 Å². The normalized spacial score (nSPS) is 9.65. The molecule has 0 N–H and O–H groups in total. The van der Waals surface area contributed by atoms with Gasteiger partial charge in [0.05, 0.1) is 0 Å². The molecule has 0 aliphatic carbocycles. The molecule has 2 rings (SSSR count). The Morgan fingerprint density at radius 1 is 0.529 bits per heavy atom. The zero-order chi connectivity index (χ0) is 11.1. The third kappa shape index (κ3) is 5.09. The molecule has 2 nitrogen and oxygen atoms in total. The highest BCUT2D eigenvalue weighted by atomic mass is 79.9. The van der Waals surface area contributed by atoms with Gasteiger partial charge in [0.1, 0.15) is 13.1 Å². The van der Waals surface area contributed by atoms with Crippen molar-refractivity contribution in [2.45, 2.75) is 25.9 Å². The molecule has 0 spiro atoms. The average molecular weight is 294 g/mol. The van der Waals surface area contributed by atoms with Crippen molar-refractivity contribution < 1.29 is 26.1 Å². The first kappa shape index (κ1) is 13.8. The summed E-state index contributed by atoms with van der Waals surface area (Å²) in [5.41, 5.74) is 0. The van der Waals surface area contributed by atoms with E-state index >= 15 is 0 Å². The Kier molecular flexibility index (Phi) is 6.48. The van der Waals surface area contributed by atoms with Crippen LogP contribution in [0.2, 0.25) is 0 Å². The number of pyridine rings is 2. The van der Waals surface area contributed by atoms with Crippen molar-refractivity contribution in [2.75, 3.05) is 0 Å². The summed E-state index contributed by atoms with van der Waals surface area (Å²) in [5, 5.41) is 0. The van der Waals surface area contributed by atoms with Gasteiger partial charge in [0, 0.05) is 37.1 Å². The van der Waals surface area contributed by atoms with Crippen LogP contribution in [0.25, 0.3) is 0 Å². The summed E-state index contributed by atoms with van der Waals surface area (Å²) in [4.78, 5) is 0. The van der Waals surface area contributed by atoms with Crippen LogP contribution in [0, 0.1) is 0 Å². The maximum Gasteiger partial charge on any atom is 0.168 e. The van der Waals surface area contributed by atoms with Crippen molar-refractivity contribution >= 4 is 0 Å². The summed E-state index contributed by atoms with van der Waals surface area (Å²) in [5.74, 6) is 0. The summed E-state index contributed by atoms with van der Waals surface area (Å²) < 4.78 is 4.46. The Bertz CT molecular complexity index is 362. The van der Waals surface area contributed by atoms with Gasteiger partial charge >= 0.3 is 0 Å². The van der Waals surface area contributed by atoms with Crippen LogP contribution in [-0.4, -0.2) is 0 Å². The van der Waals surface area contributed by atoms with Crippen LogP contribution in [0.5, 0.6) is 0 Å². The van der Waals surface area contributed by atoms with E-state index in [0.717, 1.165) is 13.1 Å². The van der Waals surface area contributed by atoms with Crippen LogP contribution in [0.15, 0.2) is 61.2 Å². The minimum absolute atomic E-state index is 0. The first-order valence-corrected chi connectivity index (χ1v) is 5.83. The van der Waals surface area contributed by atoms with Gasteiger partial charge in [-0.15, -0.1) is 0 Å². The van der Waals surface area contributed by atoms with Crippen molar-refractivity contribution in [3.8, 4) is 0 Å². The minimum atomic E-state index is 0. The Labute approximate surface area is 113 Å². The fourth-order valence-electron chi connectivity index (χ4n) is 1.76. The van der Waals surface area contributed by atoms with Gasteiger partial charge in [0.15, 0.2) is 24.8 Å². The number of halogens is 1. The Hall–Kier alpha value is -1.22. The van der Waals surface area contributed by atoms with E-state index < -0.39 is 0 Å². The second kappa shape index (κ2) is 7.96. The Morgan fingerprint density at radius 3 is 1.24 bits per heavy atom. The molecule has 0 aliphatic rings. The fraction of sp³-hybridized carbons (Fsp3) is 0.286. The monoisotopic (exact) mass is 293 g/mol. The lowest BCUT2D eigenvalue weighted by molar-refractivity contribution is -0.708. The smallest absolute Gasteiger partial charge is 0.168 e. The maximum atomic E-state index is 2.23. The quantitative estimate of drug-likeness (QED) is 0.481. The lowest BCUT2D eigenvalue weighted by Crippen LogP contribution is -3.00. The van der Waals surface area contributed by atoms with E-state index in [4.69, 9.17) is 0 Å². The standard InChI is InChI=1S/C14H18N2.BrH/c1-3-9-15(10-4-1)13-7-8-14-16-11-5-2-6-12-16;/h1-6,9-12H,7-8,13-14H2;1H/q+2;/p-1. The minimum Gasteiger partial charge on any atom is -1.00 e. The third-order valence-electron chi connectivity index (χ3n) is 2.64. The van der Waals surface area contributed by atoms with Crippen LogP contribution in [0.3, 0.4) is 0 Å². The number of hydrogen-bond acceptors (Lipinski definition) is 0. The van der Waals surface area contributed by atoms with Crippen LogP contribution in [-0.2, 0) is 13.1 Å². The molecule has 2 aromatic rings. The summed E-state index contributed by atoms with van der Waals surface area (Å²) in [7, 11) is 0. The highest BCUT2D eigenvalue weighted by molar-refractivity contribution is 4.84. The fourth-order valence-corrected chi connectivity index (χ4v) is 1.76. The van der Waals surface area contributed by atoms with Crippen LogP contribution in [0.4, 0.5) is 0 Å². The largest absolute Gasteiger partial charge is 1.00 e. The molecule has 0 radical (unpaired) electrons. The predicted molar refractivity (Wildman–Crippen MR) is 62.5 cm³/mol. The molecule has 0 amide bonds. The van der Waals surface area contributed by atoms with E-state index in [2.05, 4.69) is 70.3 Å². The maximum absolute atomic E-state index is 2.23. The lowest BCUT2D eigenvalue weighted by Gasteiger charge is -1.96. The molecule has 0 aliphatic heterocycles. The van der Waals surface area contributed by atoms with Gasteiger partial charge in [-0.2, -0.15) is 0 Å². The first-order chi connectivity index (χ1) is 7.95. The molecular formula is C14H18BrN2+. The van der Waals surface area contributed by atoms with Crippen LogP contribution < -0.4 is 26.1 Å². The zero-order valence-corrected chi connectivity index (χ0v) is 11.5. The van der Waals surface area contributed by atoms with E-state index in [1.807, 2.05) is 0 Å². The van der Waals surface area contributed by atoms with E-state index in [9.17, 15) is 0 Å². The second-order valence-electron chi connectivity index (χ2n) is 3.93.